The van der Waals surface area contributed by atoms with Gasteiger partial charge in [0.1, 0.15) is 0 Å². The summed E-state index contributed by atoms with van der Waals surface area (Å²) in [7, 11) is 0. The molecule has 1 aliphatic rings. The monoisotopic (exact) mass is 350 g/mol. The molecule has 1 aliphatic carbocycles. The van der Waals surface area contributed by atoms with Crippen LogP contribution in [0.1, 0.15) is 55.3 Å². The van der Waals surface area contributed by atoms with E-state index in [2.05, 4.69) is 22.0 Å². The summed E-state index contributed by atoms with van der Waals surface area (Å²) in [6.07, 6.45) is 8.52. The molecule has 1 nitrogen and oxygen atoms in total. The lowest BCUT2D eigenvalue weighted by atomic mass is 9.85. The summed E-state index contributed by atoms with van der Waals surface area (Å²) < 4.78 is 2.28. The second-order valence-electron chi connectivity index (χ2n) is 5.73. The lowest BCUT2D eigenvalue weighted by Gasteiger charge is -2.20. The van der Waals surface area contributed by atoms with E-state index in [1.165, 1.54) is 36.8 Å². The summed E-state index contributed by atoms with van der Waals surface area (Å²) in [5.74, 6) is 1.10. The number of hydrogen-bond acceptors (Lipinski definition) is 2. The first-order chi connectivity index (χ1) is 9.75. The third-order valence-electron chi connectivity index (χ3n) is 4.36. The van der Waals surface area contributed by atoms with Gasteiger partial charge in [0.2, 0.25) is 0 Å². The maximum atomic E-state index is 12.5. The van der Waals surface area contributed by atoms with Crippen LogP contribution in [0, 0.1) is 5.92 Å². The molecule has 0 amide bonds. The van der Waals surface area contributed by atoms with Crippen LogP contribution in [0.15, 0.2) is 28.1 Å². The molecule has 0 unspecified atom stereocenters. The number of Topliss-reactive ketones (excluding diaryl/α,β-unsaturated/α-hetero) is 1. The minimum absolute atomic E-state index is 0.319. The first-order valence-corrected chi connectivity index (χ1v) is 9.12. The fraction of sp³-hybridized carbons (Fsp3) is 0.471. The Bertz CT molecular complexity index is 610. The van der Waals surface area contributed by atoms with Crippen LogP contribution >= 0.6 is 27.3 Å². The Morgan fingerprint density at radius 3 is 2.85 bits per heavy atom. The van der Waals surface area contributed by atoms with Gasteiger partial charge >= 0.3 is 0 Å². The average Bonchev–Trinajstić information content (AvgIpc) is 2.91. The van der Waals surface area contributed by atoms with Crippen LogP contribution in [0.25, 0.3) is 10.1 Å². The number of hydrogen-bond donors (Lipinski definition) is 0. The molecule has 20 heavy (non-hydrogen) atoms. The van der Waals surface area contributed by atoms with Gasteiger partial charge in [-0.2, -0.15) is 0 Å². The number of ketones is 1. The molecule has 3 rings (SSSR count). The summed E-state index contributed by atoms with van der Waals surface area (Å²) in [4.78, 5) is 12.5. The molecule has 3 heteroatoms. The van der Waals surface area contributed by atoms with Gasteiger partial charge in [-0.3, -0.25) is 4.79 Å². The van der Waals surface area contributed by atoms with Crippen molar-refractivity contribution in [2.24, 2.45) is 5.92 Å². The highest BCUT2D eigenvalue weighted by Crippen LogP contribution is 2.34. The molecular formula is C17H19BrOS. The molecule has 1 heterocycles. The molecule has 1 aromatic heterocycles. The zero-order valence-corrected chi connectivity index (χ0v) is 13.9. The first-order valence-electron chi connectivity index (χ1n) is 7.44. The van der Waals surface area contributed by atoms with Crippen LogP contribution in [-0.2, 0) is 0 Å². The van der Waals surface area contributed by atoms with Crippen molar-refractivity contribution in [2.75, 3.05) is 0 Å². The lowest BCUT2D eigenvalue weighted by Crippen LogP contribution is -2.09. The van der Waals surface area contributed by atoms with Gasteiger partial charge in [0.15, 0.2) is 5.78 Å². The average molecular weight is 351 g/mol. The molecule has 0 spiro atoms. The molecular weight excluding hydrogens is 332 g/mol. The highest BCUT2D eigenvalue weighted by Gasteiger charge is 2.17. The molecule has 0 saturated heterocycles. The lowest BCUT2D eigenvalue weighted by molar-refractivity contribution is 0.0972. The van der Waals surface area contributed by atoms with Gasteiger partial charge in [0.05, 0.1) is 0 Å². The van der Waals surface area contributed by atoms with Gasteiger partial charge in [0.25, 0.3) is 0 Å². The van der Waals surface area contributed by atoms with Gasteiger partial charge in [-0.25, -0.2) is 0 Å². The smallest absolute Gasteiger partial charge is 0.164 e. The molecule has 0 radical (unpaired) electrons. The van der Waals surface area contributed by atoms with Crippen molar-refractivity contribution in [1.29, 1.82) is 0 Å². The van der Waals surface area contributed by atoms with Crippen molar-refractivity contribution in [3.8, 4) is 0 Å². The number of halogens is 1. The Morgan fingerprint density at radius 2 is 2.05 bits per heavy atom. The fourth-order valence-electron chi connectivity index (χ4n) is 3.18. The van der Waals surface area contributed by atoms with Crippen LogP contribution in [0.2, 0.25) is 0 Å². The number of thiophene rings is 1. The van der Waals surface area contributed by atoms with Crippen LogP contribution in [-0.4, -0.2) is 5.78 Å². The SMILES string of the molecule is O=C(CCC1CCCCC1)c1csc2c(Br)cccc12. The zero-order valence-electron chi connectivity index (χ0n) is 11.5. The molecule has 1 saturated carbocycles. The predicted molar refractivity (Wildman–Crippen MR) is 89.7 cm³/mol. The predicted octanol–water partition coefficient (Wildman–Crippen LogP) is 6.21. The maximum Gasteiger partial charge on any atom is 0.164 e. The Balaban J connectivity index is 1.71. The van der Waals surface area contributed by atoms with Gasteiger partial charge in [-0.05, 0) is 34.3 Å². The Kier molecular flexibility index (Phi) is 4.57. The van der Waals surface area contributed by atoms with E-state index in [9.17, 15) is 4.79 Å². The maximum absolute atomic E-state index is 12.5. The Hall–Kier alpha value is -0.670. The van der Waals surface area contributed by atoms with Crippen molar-refractivity contribution in [1.82, 2.24) is 0 Å². The number of rotatable bonds is 4. The van der Waals surface area contributed by atoms with E-state index >= 15 is 0 Å². The summed E-state index contributed by atoms with van der Waals surface area (Å²) >= 11 is 5.22. The molecule has 0 aliphatic heterocycles. The van der Waals surface area contributed by atoms with Crippen molar-refractivity contribution < 1.29 is 4.79 Å². The number of carbonyl (C=O) groups excluding carboxylic acids is 1. The highest BCUT2D eigenvalue weighted by atomic mass is 79.9. The second kappa shape index (κ2) is 6.40. The highest BCUT2D eigenvalue weighted by molar-refractivity contribution is 9.10. The number of fused-ring (bicyclic) bond motifs is 1. The third-order valence-corrected chi connectivity index (χ3v) is 6.31. The van der Waals surface area contributed by atoms with Crippen molar-refractivity contribution >= 4 is 43.1 Å². The van der Waals surface area contributed by atoms with E-state index in [1.807, 2.05) is 17.5 Å². The summed E-state index contributed by atoms with van der Waals surface area (Å²) in [6, 6.07) is 6.11. The van der Waals surface area contributed by atoms with E-state index in [-0.39, 0.29) is 0 Å². The normalized spacial score (nSPS) is 16.6. The van der Waals surface area contributed by atoms with E-state index in [4.69, 9.17) is 0 Å². The fourth-order valence-corrected chi connectivity index (χ4v) is 4.81. The van der Waals surface area contributed by atoms with Gasteiger partial charge in [-0.1, -0.05) is 44.2 Å². The van der Waals surface area contributed by atoms with Crippen LogP contribution < -0.4 is 0 Å². The third kappa shape index (κ3) is 2.99. The largest absolute Gasteiger partial charge is 0.294 e. The quantitative estimate of drug-likeness (QED) is 0.599. The molecule has 1 fully saturated rings. The van der Waals surface area contributed by atoms with E-state index in [0.29, 0.717) is 12.2 Å². The molecule has 0 atom stereocenters. The van der Waals surface area contributed by atoms with Gasteiger partial charge < -0.3 is 0 Å². The topological polar surface area (TPSA) is 17.1 Å². The second-order valence-corrected chi connectivity index (χ2v) is 7.47. The molecule has 0 bridgehead atoms. The van der Waals surface area contributed by atoms with E-state index in [1.54, 1.807) is 11.3 Å². The van der Waals surface area contributed by atoms with Gasteiger partial charge in [0, 0.05) is 31.9 Å². The standard InChI is InChI=1S/C17H19BrOS/c18-15-8-4-7-13-14(11-20-17(13)15)16(19)10-9-12-5-2-1-3-6-12/h4,7-8,11-12H,1-3,5-6,9-10H2. The molecule has 1 aromatic carbocycles. The summed E-state index contributed by atoms with van der Waals surface area (Å²) in [5, 5.41) is 3.14. The van der Waals surface area contributed by atoms with Crippen LogP contribution in [0.4, 0.5) is 0 Å². The Morgan fingerprint density at radius 1 is 1.25 bits per heavy atom. The van der Waals surface area contributed by atoms with E-state index < -0.39 is 0 Å². The summed E-state index contributed by atoms with van der Waals surface area (Å²) in [5.41, 5.74) is 0.919. The number of benzene rings is 1. The Labute approximate surface area is 132 Å². The first kappa shape index (κ1) is 14.3. The zero-order chi connectivity index (χ0) is 13.9. The minimum Gasteiger partial charge on any atom is -0.294 e. The molecule has 0 N–H and O–H groups in total. The summed E-state index contributed by atoms with van der Waals surface area (Å²) in [6.45, 7) is 0. The number of carbonyl (C=O) groups is 1. The molecule has 2 aromatic rings. The molecule has 106 valence electrons. The van der Waals surface area contributed by atoms with Crippen LogP contribution in [0.5, 0.6) is 0 Å². The van der Waals surface area contributed by atoms with Crippen molar-refractivity contribution in [3.63, 3.8) is 0 Å². The van der Waals surface area contributed by atoms with Gasteiger partial charge in [-0.15, -0.1) is 11.3 Å². The minimum atomic E-state index is 0.319. The van der Waals surface area contributed by atoms with E-state index in [0.717, 1.165) is 27.8 Å². The van der Waals surface area contributed by atoms with Crippen molar-refractivity contribution in [3.05, 3.63) is 33.6 Å². The van der Waals surface area contributed by atoms with Crippen molar-refractivity contribution in [2.45, 2.75) is 44.9 Å². The van der Waals surface area contributed by atoms with Crippen LogP contribution in [0.3, 0.4) is 0 Å².